The Bertz CT molecular complexity index is 633. The standard InChI is InChI=1S/C16H21N3O3S/c1-21-9-10-22-16-17-14(13-8-5-11-23-13)19(18-16)15(20)12-6-3-2-4-7-12/h5,8,11-12H,2-4,6-7,9-10H2,1H3. The maximum absolute atomic E-state index is 12.8. The minimum Gasteiger partial charge on any atom is -0.460 e. The van der Waals surface area contributed by atoms with Gasteiger partial charge in [-0.25, -0.2) is 0 Å². The lowest BCUT2D eigenvalue weighted by molar-refractivity contribution is 0.0783. The smallest absolute Gasteiger partial charge is 0.336 e. The number of carbonyl (C=O) groups excluding carboxylic acids is 1. The minimum atomic E-state index is 0.0298. The van der Waals surface area contributed by atoms with E-state index in [1.54, 1.807) is 18.4 Å². The van der Waals surface area contributed by atoms with Crippen LogP contribution in [0.1, 0.15) is 36.9 Å². The molecule has 0 atom stereocenters. The number of thiophene rings is 1. The average Bonchev–Trinajstić information content (AvgIpc) is 3.24. The van der Waals surface area contributed by atoms with E-state index in [-0.39, 0.29) is 17.8 Å². The van der Waals surface area contributed by atoms with Crippen molar-refractivity contribution in [2.24, 2.45) is 5.92 Å². The van der Waals surface area contributed by atoms with Gasteiger partial charge in [0.15, 0.2) is 5.82 Å². The minimum absolute atomic E-state index is 0.0298. The number of hydrogen-bond donors (Lipinski definition) is 0. The molecule has 0 radical (unpaired) electrons. The predicted molar refractivity (Wildman–Crippen MR) is 87.9 cm³/mol. The van der Waals surface area contributed by atoms with Crippen LogP contribution < -0.4 is 4.74 Å². The van der Waals surface area contributed by atoms with Crippen LogP contribution in [0.25, 0.3) is 10.7 Å². The molecule has 1 fully saturated rings. The lowest BCUT2D eigenvalue weighted by atomic mass is 9.89. The second-order valence-corrected chi connectivity index (χ2v) is 6.57. The Kier molecular flexibility index (Phi) is 5.40. The summed E-state index contributed by atoms with van der Waals surface area (Å²) < 4.78 is 11.9. The zero-order valence-corrected chi connectivity index (χ0v) is 14.1. The lowest BCUT2D eigenvalue weighted by Gasteiger charge is -2.20. The molecule has 2 aromatic rings. The van der Waals surface area contributed by atoms with Crippen molar-refractivity contribution < 1.29 is 14.3 Å². The van der Waals surface area contributed by atoms with Crippen LogP contribution >= 0.6 is 11.3 Å². The highest BCUT2D eigenvalue weighted by molar-refractivity contribution is 7.13. The monoisotopic (exact) mass is 335 g/mol. The summed E-state index contributed by atoms with van der Waals surface area (Å²) in [5, 5.41) is 6.26. The summed E-state index contributed by atoms with van der Waals surface area (Å²) in [4.78, 5) is 18.2. The first-order valence-electron chi connectivity index (χ1n) is 7.96. The van der Waals surface area contributed by atoms with Crippen LogP contribution in [0.2, 0.25) is 0 Å². The predicted octanol–water partition coefficient (Wildman–Crippen LogP) is 3.25. The summed E-state index contributed by atoms with van der Waals surface area (Å²) in [5.74, 6) is 0.640. The summed E-state index contributed by atoms with van der Waals surface area (Å²) >= 11 is 1.54. The largest absolute Gasteiger partial charge is 0.460 e. The fourth-order valence-corrected chi connectivity index (χ4v) is 3.51. The van der Waals surface area contributed by atoms with Gasteiger partial charge in [0.2, 0.25) is 0 Å². The molecule has 0 aliphatic heterocycles. The summed E-state index contributed by atoms with van der Waals surface area (Å²) in [6.07, 6.45) is 5.29. The van der Waals surface area contributed by atoms with Crippen molar-refractivity contribution in [3.63, 3.8) is 0 Å². The first-order valence-corrected chi connectivity index (χ1v) is 8.84. The van der Waals surface area contributed by atoms with E-state index in [1.165, 1.54) is 11.1 Å². The summed E-state index contributed by atoms with van der Waals surface area (Å²) in [6, 6.07) is 4.11. The van der Waals surface area contributed by atoms with Gasteiger partial charge in [-0.05, 0) is 24.3 Å². The number of rotatable bonds is 6. The molecule has 0 amide bonds. The van der Waals surface area contributed by atoms with Crippen LogP contribution in [-0.2, 0) is 4.74 Å². The maximum Gasteiger partial charge on any atom is 0.336 e. The molecule has 6 nitrogen and oxygen atoms in total. The lowest BCUT2D eigenvalue weighted by Crippen LogP contribution is -2.25. The van der Waals surface area contributed by atoms with Gasteiger partial charge in [0.05, 0.1) is 11.5 Å². The molecule has 0 saturated heterocycles. The second kappa shape index (κ2) is 7.70. The zero-order valence-electron chi connectivity index (χ0n) is 13.2. The van der Waals surface area contributed by atoms with Crippen LogP contribution in [0.15, 0.2) is 17.5 Å². The Balaban J connectivity index is 1.85. The molecule has 0 aromatic carbocycles. The van der Waals surface area contributed by atoms with E-state index in [9.17, 15) is 4.79 Å². The van der Waals surface area contributed by atoms with Crippen molar-refractivity contribution in [1.82, 2.24) is 14.8 Å². The fraction of sp³-hybridized carbons (Fsp3) is 0.562. The first kappa shape index (κ1) is 16.1. The number of hydrogen-bond acceptors (Lipinski definition) is 6. The highest BCUT2D eigenvalue weighted by Crippen LogP contribution is 2.29. The van der Waals surface area contributed by atoms with Gasteiger partial charge in [0, 0.05) is 13.0 Å². The average molecular weight is 335 g/mol. The fourth-order valence-electron chi connectivity index (χ4n) is 2.81. The summed E-state index contributed by atoms with van der Waals surface area (Å²) in [6.45, 7) is 0.821. The molecule has 0 N–H and O–H groups in total. The Morgan fingerprint density at radius 3 is 2.87 bits per heavy atom. The van der Waals surface area contributed by atoms with Crippen molar-refractivity contribution in [2.45, 2.75) is 32.1 Å². The van der Waals surface area contributed by atoms with E-state index < -0.39 is 0 Å². The number of ether oxygens (including phenoxy) is 2. The molecular formula is C16H21N3O3S. The molecular weight excluding hydrogens is 314 g/mol. The van der Waals surface area contributed by atoms with Crippen LogP contribution in [0.3, 0.4) is 0 Å². The SMILES string of the molecule is COCCOc1nc(-c2cccs2)n(C(=O)C2CCCCC2)n1. The Morgan fingerprint density at radius 2 is 2.17 bits per heavy atom. The van der Waals surface area contributed by atoms with Crippen molar-refractivity contribution in [2.75, 3.05) is 20.3 Å². The van der Waals surface area contributed by atoms with Crippen molar-refractivity contribution in [3.05, 3.63) is 17.5 Å². The quantitative estimate of drug-likeness (QED) is 0.758. The van der Waals surface area contributed by atoms with Crippen LogP contribution in [0.4, 0.5) is 0 Å². The third-order valence-electron chi connectivity index (χ3n) is 4.01. The highest BCUT2D eigenvalue weighted by Gasteiger charge is 2.27. The number of methoxy groups -OCH3 is 1. The van der Waals surface area contributed by atoms with Crippen LogP contribution in [0, 0.1) is 5.92 Å². The van der Waals surface area contributed by atoms with Crippen molar-refractivity contribution in [1.29, 1.82) is 0 Å². The number of nitrogens with zero attached hydrogens (tertiary/aromatic N) is 3. The van der Waals surface area contributed by atoms with E-state index in [1.807, 2.05) is 17.5 Å². The number of aromatic nitrogens is 3. The topological polar surface area (TPSA) is 66.2 Å². The van der Waals surface area contributed by atoms with Crippen LogP contribution in [-0.4, -0.2) is 41.0 Å². The Hall–Kier alpha value is -1.73. The van der Waals surface area contributed by atoms with E-state index in [0.29, 0.717) is 19.0 Å². The van der Waals surface area contributed by atoms with E-state index in [0.717, 1.165) is 30.6 Å². The van der Waals surface area contributed by atoms with Crippen LogP contribution in [0.5, 0.6) is 6.01 Å². The maximum atomic E-state index is 12.8. The number of carbonyl (C=O) groups is 1. The van der Waals surface area contributed by atoms with E-state index >= 15 is 0 Å². The zero-order chi connectivity index (χ0) is 16.1. The molecule has 23 heavy (non-hydrogen) atoms. The van der Waals surface area contributed by atoms with Gasteiger partial charge in [-0.3, -0.25) is 4.79 Å². The van der Waals surface area contributed by atoms with Gasteiger partial charge in [-0.15, -0.1) is 16.4 Å². The molecule has 0 spiro atoms. The summed E-state index contributed by atoms with van der Waals surface area (Å²) in [5.41, 5.74) is 0. The van der Waals surface area contributed by atoms with Crippen molar-refractivity contribution >= 4 is 17.2 Å². The van der Waals surface area contributed by atoms with E-state index in [2.05, 4.69) is 10.1 Å². The van der Waals surface area contributed by atoms with Gasteiger partial charge in [-0.2, -0.15) is 9.67 Å². The summed E-state index contributed by atoms with van der Waals surface area (Å²) in [7, 11) is 1.61. The van der Waals surface area contributed by atoms with Gasteiger partial charge in [0.1, 0.15) is 6.61 Å². The van der Waals surface area contributed by atoms with Gasteiger partial charge in [0.25, 0.3) is 5.91 Å². The Morgan fingerprint density at radius 1 is 1.35 bits per heavy atom. The molecule has 7 heteroatoms. The van der Waals surface area contributed by atoms with Crippen molar-refractivity contribution in [3.8, 4) is 16.7 Å². The Labute approximate surface area is 139 Å². The normalized spacial score (nSPS) is 15.7. The van der Waals surface area contributed by atoms with Gasteiger partial charge in [-0.1, -0.05) is 25.3 Å². The molecule has 124 valence electrons. The highest BCUT2D eigenvalue weighted by atomic mass is 32.1. The molecule has 2 aromatic heterocycles. The second-order valence-electron chi connectivity index (χ2n) is 5.62. The van der Waals surface area contributed by atoms with Gasteiger partial charge < -0.3 is 9.47 Å². The molecule has 1 saturated carbocycles. The first-order chi connectivity index (χ1) is 11.3. The molecule has 0 unspecified atom stereocenters. The molecule has 1 aliphatic rings. The van der Waals surface area contributed by atoms with E-state index in [4.69, 9.17) is 9.47 Å². The third-order valence-corrected chi connectivity index (χ3v) is 4.88. The molecule has 0 bridgehead atoms. The molecule has 1 aliphatic carbocycles. The third kappa shape index (κ3) is 3.79. The molecule has 3 rings (SSSR count). The molecule has 2 heterocycles. The van der Waals surface area contributed by atoms with Gasteiger partial charge >= 0.3 is 6.01 Å².